The second-order valence-corrected chi connectivity index (χ2v) is 7.96. The minimum Gasteiger partial charge on any atom is -0.497 e. The second kappa shape index (κ2) is 9.77. The molecule has 172 valence electrons. The molecule has 0 bridgehead atoms. The summed E-state index contributed by atoms with van der Waals surface area (Å²) in [5.74, 6) is 1.10. The molecule has 3 aromatic rings. The number of amides is 2. The van der Waals surface area contributed by atoms with Gasteiger partial charge in [0.1, 0.15) is 17.3 Å². The number of H-pyrrole nitrogens is 1. The molecule has 33 heavy (non-hydrogen) atoms. The summed E-state index contributed by atoms with van der Waals surface area (Å²) in [5.41, 5.74) is 2.52. The largest absolute Gasteiger partial charge is 0.497 e. The van der Waals surface area contributed by atoms with Gasteiger partial charge < -0.3 is 24.7 Å². The van der Waals surface area contributed by atoms with Gasteiger partial charge in [-0.3, -0.25) is 9.59 Å². The number of imidazole rings is 1. The number of aromatic nitrogens is 2. The Morgan fingerprint density at radius 2 is 2.00 bits per heavy atom. The van der Waals surface area contributed by atoms with Crippen LogP contribution in [0.3, 0.4) is 0 Å². The second-order valence-electron chi connectivity index (χ2n) is 7.96. The highest BCUT2D eigenvalue weighted by Gasteiger charge is 2.37. The van der Waals surface area contributed by atoms with E-state index in [1.807, 2.05) is 37.3 Å². The quantitative estimate of drug-likeness (QED) is 0.548. The maximum absolute atomic E-state index is 13.1. The number of nitrogens with zero attached hydrogens (tertiary/aromatic N) is 2. The zero-order chi connectivity index (χ0) is 23.4. The summed E-state index contributed by atoms with van der Waals surface area (Å²) >= 11 is 0. The average Bonchev–Trinajstić information content (AvgIpc) is 3.50. The number of hydrogen-bond acceptors (Lipinski definition) is 5. The average molecular weight is 449 g/mol. The Morgan fingerprint density at radius 1 is 1.21 bits per heavy atom. The van der Waals surface area contributed by atoms with Crippen LogP contribution in [0.1, 0.15) is 31.6 Å². The molecule has 0 saturated carbocycles. The fourth-order valence-corrected chi connectivity index (χ4v) is 4.06. The molecule has 1 aliphatic heterocycles. The number of rotatable bonds is 8. The summed E-state index contributed by atoms with van der Waals surface area (Å²) < 4.78 is 10.7. The Labute approximate surface area is 192 Å². The van der Waals surface area contributed by atoms with Crippen molar-refractivity contribution in [2.75, 3.05) is 25.7 Å². The smallest absolute Gasteiger partial charge is 0.227 e. The third kappa shape index (κ3) is 4.69. The molecule has 8 heteroatoms. The fraction of sp³-hybridized carbons (Fsp3) is 0.320. The molecule has 0 radical (unpaired) electrons. The van der Waals surface area contributed by atoms with Crippen LogP contribution in [0.5, 0.6) is 11.5 Å². The minimum atomic E-state index is -0.467. The first-order valence-corrected chi connectivity index (χ1v) is 11.0. The first-order chi connectivity index (χ1) is 16.0. The summed E-state index contributed by atoms with van der Waals surface area (Å²) in [6, 6.07) is 14.9. The van der Waals surface area contributed by atoms with Crippen molar-refractivity contribution in [3.8, 4) is 22.8 Å². The van der Waals surface area contributed by atoms with Gasteiger partial charge in [0.25, 0.3) is 0 Å². The predicted octanol–water partition coefficient (Wildman–Crippen LogP) is 3.71. The first kappa shape index (κ1) is 22.4. The molecule has 1 aromatic heterocycles. The van der Waals surface area contributed by atoms with E-state index in [9.17, 15) is 9.59 Å². The van der Waals surface area contributed by atoms with Crippen LogP contribution in [0.2, 0.25) is 0 Å². The Morgan fingerprint density at radius 3 is 2.70 bits per heavy atom. The van der Waals surface area contributed by atoms with Gasteiger partial charge in [-0.15, -0.1) is 0 Å². The van der Waals surface area contributed by atoms with Gasteiger partial charge in [-0.1, -0.05) is 37.3 Å². The van der Waals surface area contributed by atoms with Gasteiger partial charge in [-0.25, -0.2) is 4.98 Å². The lowest BCUT2D eigenvalue weighted by atomic mass is 10.1. The van der Waals surface area contributed by atoms with Crippen LogP contribution in [-0.4, -0.2) is 42.5 Å². The van der Waals surface area contributed by atoms with Crippen LogP contribution in [0.4, 0.5) is 5.69 Å². The van der Waals surface area contributed by atoms with E-state index in [4.69, 9.17) is 9.47 Å². The maximum atomic E-state index is 13.1. The molecular formula is C25H28N4O4. The number of carbonyl (C=O) groups is 2. The monoisotopic (exact) mass is 448 g/mol. The van der Waals surface area contributed by atoms with Gasteiger partial charge in [0.2, 0.25) is 11.8 Å². The van der Waals surface area contributed by atoms with Gasteiger partial charge in [0.05, 0.1) is 43.8 Å². The van der Waals surface area contributed by atoms with Crippen molar-refractivity contribution in [2.24, 2.45) is 5.92 Å². The van der Waals surface area contributed by atoms with E-state index in [0.29, 0.717) is 29.4 Å². The number of carbonyl (C=O) groups excluding carboxylic acids is 2. The van der Waals surface area contributed by atoms with Gasteiger partial charge in [0.15, 0.2) is 0 Å². The molecule has 2 aromatic carbocycles. The number of benzene rings is 2. The molecule has 2 amide bonds. The summed E-state index contributed by atoms with van der Waals surface area (Å²) in [4.78, 5) is 35.2. The molecule has 1 saturated heterocycles. The topological polar surface area (TPSA) is 96.6 Å². The van der Waals surface area contributed by atoms with Crippen molar-refractivity contribution in [2.45, 2.75) is 25.8 Å². The molecule has 2 heterocycles. The van der Waals surface area contributed by atoms with E-state index in [1.165, 1.54) is 0 Å². The van der Waals surface area contributed by atoms with E-state index in [-0.39, 0.29) is 30.8 Å². The molecular weight excluding hydrogens is 420 g/mol. The SMILES string of the molecule is CCC(NC(=O)C1CC(=O)N(c2cc(OC)ccc2OC)C1)c1ncc(-c2ccccc2)[nH]1. The van der Waals surface area contributed by atoms with Crippen molar-refractivity contribution >= 4 is 17.5 Å². The molecule has 2 atom stereocenters. The van der Waals surface area contributed by atoms with Crippen LogP contribution in [0, 0.1) is 5.92 Å². The zero-order valence-electron chi connectivity index (χ0n) is 19.0. The van der Waals surface area contributed by atoms with Crippen LogP contribution >= 0.6 is 0 Å². The van der Waals surface area contributed by atoms with Gasteiger partial charge in [-0.2, -0.15) is 0 Å². The molecule has 2 N–H and O–H groups in total. The van der Waals surface area contributed by atoms with Crippen molar-refractivity contribution in [1.82, 2.24) is 15.3 Å². The summed E-state index contributed by atoms with van der Waals surface area (Å²) in [7, 11) is 3.12. The Kier molecular flexibility index (Phi) is 6.63. The normalized spacial score (nSPS) is 16.5. The van der Waals surface area contributed by atoms with Gasteiger partial charge in [-0.05, 0) is 24.1 Å². The zero-order valence-corrected chi connectivity index (χ0v) is 19.0. The third-order valence-electron chi connectivity index (χ3n) is 5.91. The van der Waals surface area contributed by atoms with E-state index >= 15 is 0 Å². The summed E-state index contributed by atoms with van der Waals surface area (Å²) in [6.45, 7) is 2.26. The van der Waals surface area contributed by atoms with Gasteiger partial charge in [0, 0.05) is 19.0 Å². The number of methoxy groups -OCH3 is 2. The molecule has 1 aliphatic rings. The van der Waals surface area contributed by atoms with E-state index < -0.39 is 5.92 Å². The molecule has 8 nitrogen and oxygen atoms in total. The maximum Gasteiger partial charge on any atom is 0.227 e. The van der Waals surface area contributed by atoms with Crippen LogP contribution in [0.25, 0.3) is 11.3 Å². The lowest BCUT2D eigenvalue weighted by molar-refractivity contribution is -0.127. The summed E-state index contributed by atoms with van der Waals surface area (Å²) in [6.07, 6.45) is 2.58. The molecule has 4 rings (SSSR count). The van der Waals surface area contributed by atoms with Crippen LogP contribution in [-0.2, 0) is 9.59 Å². The van der Waals surface area contributed by atoms with E-state index in [2.05, 4.69) is 15.3 Å². The molecule has 0 spiro atoms. The highest BCUT2D eigenvalue weighted by molar-refractivity contribution is 6.01. The Bertz CT molecular complexity index is 1130. The lowest BCUT2D eigenvalue weighted by Crippen LogP contribution is -2.35. The Hall–Kier alpha value is -3.81. The molecule has 2 unspecified atom stereocenters. The Balaban J connectivity index is 1.47. The number of ether oxygens (including phenoxy) is 2. The van der Waals surface area contributed by atoms with Crippen LogP contribution < -0.4 is 19.7 Å². The highest BCUT2D eigenvalue weighted by atomic mass is 16.5. The minimum absolute atomic E-state index is 0.126. The number of aromatic amines is 1. The standard InChI is InChI=1S/C25H28N4O4/c1-4-19(24-26-14-20(27-24)16-8-6-5-7-9-16)28-25(31)17-12-23(30)29(15-17)21-13-18(32-2)10-11-22(21)33-3/h5-11,13-14,17,19H,4,12,15H2,1-3H3,(H,26,27)(H,28,31). The van der Waals surface area contributed by atoms with Crippen molar-refractivity contribution in [1.29, 1.82) is 0 Å². The van der Waals surface area contributed by atoms with Gasteiger partial charge >= 0.3 is 0 Å². The molecule has 1 fully saturated rings. The molecule has 0 aliphatic carbocycles. The van der Waals surface area contributed by atoms with E-state index in [0.717, 1.165) is 11.3 Å². The summed E-state index contributed by atoms with van der Waals surface area (Å²) in [5, 5.41) is 3.07. The predicted molar refractivity (Wildman–Crippen MR) is 125 cm³/mol. The highest BCUT2D eigenvalue weighted by Crippen LogP contribution is 2.36. The van der Waals surface area contributed by atoms with Crippen molar-refractivity contribution < 1.29 is 19.1 Å². The number of nitrogens with one attached hydrogen (secondary N) is 2. The van der Waals surface area contributed by atoms with Crippen molar-refractivity contribution in [3.63, 3.8) is 0 Å². The fourth-order valence-electron chi connectivity index (χ4n) is 4.06. The van der Waals surface area contributed by atoms with Crippen molar-refractivity contribution in [3.05, 3.63) is 60.6 Å². The van der Waals surface area contributed by atoms with Crippen LogP contribution in [0.15, 0.2) is 54.7 Å². The third-order valence-corrected chi connectivity index (χ3v) is 5.91. The number of anilines is 1. The lowest BCUT2D eigenvalue weighted by Gasteiger charge is -2.21. The first-order valence-electron chi connectivity index (χ1n) is 11.0. The number of hydrogen-bond donors (Lipinski definition) is 2. The van der Waals surface area contributed by atoms with E-state index in [1.54, 1.807) is 43.5 Å².